The first kappa shape index (κ1) is 14.3. The Morgan fingerprint density at radius 2 is 2.25 bits per heavy atom. The molecule has 2 unspecified atom stereocenters. The summed E-state index contributed by atoms with van der Waals surface area (Å²) < 4.78 is 0. The van der Waals surface area contributed by atoms with Crippen molar-refractivity contribution < 1.29 is 14.8 Å². The monoisotopic (exact) mass is 278 g/mol. The van der Waals surface area contributed by atoms with Gasteiger partial charge < -0.3 is 10.4 Å². The standard InChI is InChI=1S/C14H18N2O4/c1-9-2-3-10(6-9)8-15-11-4-5-12(14(17)18)13(7-11)16(19)20/h4-5,7,9-10,15H,2-3,6,8H2,1H3,(H,17,18). The molecule has 1 aromatic rings. The molecular weight excluding hydrogens is 260 g/mol. The maximum atomic E-state index is 10.9. The SMILES string of the molecule is CC1CCC(CNc2ccc(C(=O)O)c([N+](=O)[O-])c2)C1. The summed E-state index contributed by atoms with van der Waals surface area (Å²) in [7, 11) is 0. The van der Waals surface area contributed by atoms with Crippen molar-refractivity contribution in [3.8, 4) is 0 Å². The van der Waals surface area contributed by atoms with E-state index in [0.717, 1.165) is 12.5 Å². The van der Waals surface area contributed by atoms with E-state index in [9.17, 15) is 14.9 Å². The van der Waals surface area contributed by atoms with Gasteiger partial charge in [0.05, 0.1) is 4.92 Å². The van der Waals surface area contributed by atoms with E-state index in [1.165, 1.54) is 31.4 Å². The van der Waals surface area contributed by atoms with Crippen molar-refractivity contribution in [2.75, 3.05) is 11.9 Å². The lowest BCUT2D eigenvalue weighted by Gasteiger charge is -2.12. The Labute approximate surface area is 117 Å². The molecule has 1 fully saturated rings. The lowest BCUT2D eigenvalue weighted by molar-refractivity contribution is -0.385. The molecular formula is C14H18N2O4. The predicted octanol–water partition coefficient (Wildman–Crippen LogP) is 3.14. The van der Waals surface area contributed by atoms with Crippen molar-refractivity contribution in [3.63, 3.8) is 0 Å². The number of carbonyl (C=O) groups is 1. The second kappa shape index (κ2) is 5.90. The van der Waals surface area contributed by atoms with Crippen LogP contribution in [-0.2, 0) is 0 Å². The number of hydrogen-bond donors (Lipinski definition) is 2. The van der Waals surface area contributed by atoms with Gasteiger partial charge in [-0.05, 0) is 36.8 Å². The van der Waals surface area contributed by atoms with Crippen LogP contribution >= 0.6 is 0 Å². The summed E-state index contributed by atoms with van der Waals surface area (Å²) in [6, 6.07) is 4.15. The van der Waals surface area contributed by atoms with Crippen LogP contribution in [0.25, 0.3) is 0 Å². The number of aromatic carboxylic acids is 1. The van der Waals surface area contributed by atoms with Gasteiger partial charge in [0.2, 0.25) is 0 Å². The van der Waals surface area contributed by atoms with Crippen LogP contribution in [0.2, 0.25) is 0 Å². The summed E-state index contributed by atoms with van der Waals surface area (Å²) >= 11 is 0. The van der Waals surface area contributed by atoms with Crippen LogP contribution in [0, 0.1) is 22.0 Å². The zero-order valence-electron chi connectivity index (χ0n) is 11.3. The normalized spacial score (nSPS) is 21.6. The average Bonchev–Trinajstić information content (AvgIpc) is 2.81. The highest BCUT2D eigenvalue weighted by Crippen LogP contribution is 2.31. The third kappa shape index (κ3) is 3.26. The van der Waals surface area contributed by atoms with Gasteiger partial charge in [0.25, 0.3) is 5.69 Å². The van der Waals surface area contributed by atoms with Crippen LogP contribution in [0.1, 0.15) is 36.5 Å². The van der Waals surface area contributed by atoms with Gasteiger partial charge in [0, 0.05) is 18.3 Å². The highest BCUT2D eigenvalue weighted by molar-refractivity contribution is 5.93. The lowest BCUT2D eigenvalue weighted by atomic mass is 10.1. The Hall–Kier alpha value is -2.11. The number of anilines is 1. The van der Waals surface area contributed by atoms with Crippen LogP contribution in [0.5, 0.6) is 0 Å². The fourth-order valence-corrected chi connectivity index (χ4v) is 2.75. The first-order valence-corrected chi connectivity index (χ1v) is 6.73. The summed E-state index contributed by atoms with van der Waals surface area (Å²) in [5.74, 6) is 0.0431. The quantitative estimate of drug-likeness (QED) is 0.637. The molecule has 0 aliphatic heterocycles. The first-order chi connectivity index (χ1) is 9.47. The second-order valence-corrected chi connectivity index (χ2v) is 5.46. The van der Waals surface area contributed by atoms with E-state index >= 15 is 0 Å². The molecule has 2 atom stereocenters. The van der Waals surface area contributed by atoms with E-state index in [1.807, 2.05) is 0 Å². The Morgan fingerprint density at radius 3 is 2.80 bits per heavy atom. The van der Waals surface area contributed by atoms with Crippen LogP contribution in [0.15, 0.2) is 18.2 Å². The number of carboxylic acids is 1. The Bertz CT molecular complexity index is 530. The number of nitrogens with one attached hydrogen (secondary N) is 1. The van der Waals surface area contributed by atoms with E-state index in [-0.39, 0.29) is 11.3 Å². The zero-order chi connectivity index (χ0) is 14.7. The van der Waals surface area contributed by atoms with Gasteiger partial charge in [-0.1, -0.05) is 13.3 Å². The minimum absolute atomic E-state index is 0.282. The summed E-state index contributed by atoms with van der Waals surface area (Å²) in [4.78, 5) is 21.2. The van der Waals surface area contributed by atoms with Crippen molar-refractivity contribution in [3.05, 3.63) is 33.9 Å². The fraction of sp³-hybridized carbons (Fsp3) is 0.500. The van der Waals surface area contributed by atoms with Gasteiger partial charge in [0.15, 0.2) is 0 Å². The maximum absolute atomic E-state index is 10.9. The number of carboxylic acid groups (broad SMARTS) is 1. The average molecular weight is 278 g/mol. The molecule has 108 valence electrons. The van der Waals surface area contributed by atoms with Gasteiger partial charge in [-0.15, -0.1) is 0 Å². The van der Waals surface area contributed by atoms with E-state index in [2.05, 4.69) is 12.2 Å². The molecule has 0 radical (unpaired) electrons. The summed E-state index contributed by atoms with van der Waals surface area (Å²) in [6.07, 6.45) is 3.57. The van der Waals surface area contributed by atoms with Crippen molar-refractivity contribution in [1.82, 2.24) is 0 Å². The highest BCUT2D eigenvalue weighted by atomic mass is 16.6. The van der Waals surface area contributed by atoms with E-state index < -0.39 is 10.9 Å². The van der Waals surface area contributed by atoms with Gasteiger partial charge >= 0.3 is 5.97 Å². The molecule has 0 saturated heterocycles. The number of nitro benzene ring substituents is 1. The number of benzene rings is 1. The first-order valence-electron chi connectivity index (χ1n) is 6.73. The van der Waals surface area contributed by atoms with Crippen LogP contribution in [-0.4, -0.2) is 22.5 Å². The van der Waals surface area contributed by atoms with Gasteiger partial charge in [-0.3, -0.25) is 10.1 Å². The fourth-order valence-electron chi connectivity index (χ4n) is 2.75. The molecule has 0 aromatic heterocycles. The Kier molecular flexibility index (Phi) is 4.22. The van der Waals surface area contributed by atoms with Gasteiger partial charge in [0.1, 0.15) is 5.56 Å². The van der Waals surface area contributed by atoms with E-state index in [0.29, 0.717) is 11.6 Å². The number of hydrogen-bond acceptors (Lipinski definition) is 4. The van der Waals surface area contributed by atoms with Crippen molar-refractivity contribution >= 4 is 17.3 Å². The number of nitrogens with zero attached hydrogens (tertiary/aromatic N) is 1. The number of nitro groups is 1. The highest BCUT2D eigenvalue weighted by Gasteiger charge is 2.22. The lowest BCUT2D eigenvalue weighted by Crippen LogP contribution is -2.12. The second-order valence-electron chi connectivity index (χ2n) is 5.46. The van der Waals surface area contributed by atoms with Crippen molar-refractivity contribution in [1.29, 1.82) is 0 Å². The van der Waals surface area contributed by atoms with Crippen molar-refractivity contribution in [2.24, 2.45) is 11.8 Å². The maximum Gasteiger partial charge on any atom is 0.342 e. The summed E-state index contributed by atoms with van der Waals surface area (Å²) in [6.45, 7) is 3.00. The van der Waals surface area contributed by atoms with Gasteiger partial charge in [-0.25, -0.2) is 4.79 Å². The van der Waals surface area contributed by atoms with E-state index in [4.69, 9.17) is 5.11 Å². The third-order valence-electron chi connectivity index (χ3n) is 3.82. The smallest absolute Gasteiger partial charge is 0.342 e. The van der Waals surface area contributed by atoms with Crippen LogP contribution < -0.4 is 5.32 Å². The molecule has 2 rings (SSSR count). The molecule has 2 N–H and O–H groups in total. The molecule has 6 nitrogen and oxygen atoms in total. The molecule has 1 aliphatic carbocycles. The van der Waals surface area contributed by atoms with Crippen LogP contribution in [0.4, 0.5) is 11.4 Å². The molecule has 0 amide bonds. The number of rotatable bonds is 5. The molecule has 0 spiro atoms. The van der Waals surface area contributed by atoms with Gasteiger partial charge in [-0.2, -0.15) is 0 Å². The topological polar surface area (TPSA) is 92.5 Å². The molecule has 0 bridgehead atoms. The molecule has 1 aromatic carbocycles. The van der Waals surface area contributed by atoms with Crippen molar-refractivity contribution in [2.45, 2.75) is 26.2 Å². The summed E-state index contributed by atoms with van der Waals surface area (Å²) in [5, 5.41) is 23.0. The molecule has 6 heteroatoms. The largest absolute Gasteiger partial charge is 0.477 e. The summed E-state index contributed by atoms with van der Waals surface area (Å²) in [5.41, 5.74) is -0.0569. The Balaban J connectivity index is 2.07. The Morgan fingerprint density at radius 1 is 1.50 bits per heavy atom. The minimum atomic E-state index is -1.28. The predicted molar refractivity (Wildman–Crippen MR) is 75.1 cm³/mol. The molecule has 1 aliphatic rings. The zero-order valence-corrected chi connectivity index (χ0v) is 11.3. The molecule has 1 saturated carbocycles. The third-order valence-corrected chi connectivity index (χ3v) is 3.82. The molecule has 0 heterocycles. The minimum Gasteiger partial charge on any atom is -0.477 e. The van der Waals surface area contributed by atoms with Crippen LogP contribution in [0.3, 0.4) is 0 Å². The molecule has 20 heavy (non-hydrogen) atoms. The van der Waals surface area contributed by atoms with E-state index in [1.54, 1.807) is 6.07 Å².